The third-order valence-electron chi connectivity index (χ3n) is 3.21. The van der Waals surface area contributed by atoms with E-state index in [1.54, 1.807) is 6.08 Å². The summed E-state index contributed by atoms with van der Waals surface area (Å²) in [5.41, 5.74) is 4.67. The maximum absolute atomic E-state index is 11.4. The third-order valence-corrected chi connectivity index (χ3v) is 3.21. The van der Waals surface area contributed by atoms with Crippen molar-refractivity contribution in [1.82, 2.24) is 0 Å². The van der Waals surface area contributed by atoms with Gasteiger partial charge in [0, 0.05) is 24.6 Å². The second kappa shape index (κ2) is 8.78. The number of rotatable bonds is 6. The summed E-state index contributed by atoms with van der Waals surface area (Å²) >= 11 is 0. The third kappa shape index (κ3) is 4.55. The molecule has 1 aromatic rings. The Morgan fingerprint density at radius 3 is 2.55 bits per heavy atom. The summed E-state index contributed by atoms with van der Waals surface area (Å²) in [5.74, 6) is -0.0969. The van der Waals surface area contributed by atoms with Gasteiger partial charge in [-0.15, -0.1) is 0 Å². The van der Waals surface area contributed by atoms with Gasteiger partial charge in [-0.1, -0.05) is 43.0 Å². The van der Waals surface area contributed by atoms with Gasteiger partial charge in [-0.3, -0.25) is 9.79 Å². The first-order chi connectivity index (χ1) is 10.5. The van der Waals surface area contributed by atoms with E-state index in [0.717, 1.165) is 28.1 Å². The van der Waals surface area contributed by atoms with Gasteiger partial charge in [0.2, 0.25) is 5.91 Å². The van der Waals surface area contributed by atoms with Crippen LogP contribution in [0.3, 0.4) is 0 Å². The average molecular weight is 296 g/mol. The van der Waals surface area contributed by atoms with E-state index in [2.05, 4.69) is 16.9 Å². The molecule has 0 aliphatic carbocycles. The van der Waals surface area contributed by atoms with Crippen LogP contribution in [-0.2, 0) is 4.79 Å². The molecular weight excluding hydrogens is 272 g/mol. The number of allylic oxidation sites excluding steroid dienone is 5. The Morgan fingerprint density at radius 1 is 1.32 bits per heavy atom. The lowest BCUT2D eigenvalue weighted by molar-refractivity contribution is -0.114. The number of para-hydroxylation sites is 1. The highest BCUT2D eigenvalue weighted by Crippen LogP contribution is 2.24. The summed E-state index contributed by atoms with van der Waals surface area (Å²) in [4.78, 5) is 16.1. The molecule has 22 heavy (non-hydrogen) atoms. The molecule has 3 nitrogen and oxygen atoms in total. The van der Waals surface area contributed by atoms with Crippen LogP contribution in [0.1, 0.15) is 33.3 Å². The Morgan fingerprint density at radius 2 is 2.00 bits per heavy atom. The first kappa shape index (κ1) is 17.6. The molecule has 116 valence electrons. The monoisotopic (exact) mass is 296 g/mol. The highest BCUT2D eigenvalue weighted by Gasteiger charge is 2.15. The van der Waals surface area contributed by atoms with Gasteiger partial charge in [-0.05, 0) is 32.4 Å². The van der Waals surface area contributed by atoms with Crippen molar-refractivity contribution < 1.29 is 4.79 Å². The highest BCUT2D eigenvalue weighted by atomic mass is 16.1. The van der Waals surface area contributed by atoms with Crippen molar-refractivity contribution in [2.24, 2.45) is 4.99 Å². The summed E-state index contributed by atoms with van der Waals surface area (Å²) in [7, 11) is 0. The number of carbonyl (C=O) groups is 1. The number of benzene rings is 1. The minimum atomic E-state index is -0.0969. The molecule has 0 aliphatic rings. The Hall–Kier alpha value is -2.42. The van der Waals surface area contributed by atoms with Crippen LogP contribution in [0.2, 0.25) is 0 Å². The maximum atomic E-state index is 11.4. The van der Waals surface area contributed by atoms with Crippen LogP contribution in [0.5, 0.6) is 0 Å². The van der Waals surface area contributed by atoms with Gasteiger partial charge >= 0.3 is 0 Å². The first-order valence-electron chi connectivity index (χ1n) is 7.42. The minimum Gasteiger partial charge on any atom is -0.326 e. The fourth-order valence-corrected chi connectivity index (χ4v) is 2.13. The summed E-state index contributed by atoms with van der Waals surface area (Å²) in [6, 6.07) is 7.71. The highest BCUT2D eigenvalue weighted by molar-refractivity contribution is 6.19. The molecule has 1 rings (SSSR count). The Bertz CT molecular complexity index is 637. The molecule has 0 spiro atoms. The van der Waals surface area contributed by atoms with Gasteiger partial charge in [-0.25, -0.2) is 0 Å². The minimum absolute atomic E-state index is 0.0969. The summed E-state index contributed by atoms with van der Waals surface area (Å²) in [6.45, 7) is 12.0. The predicted molar refractivity (Wildman–Crippen MR) is 95.5 cm³/mol. The fraction of sp³-hybridized carbons (Fsp3) is 0.263. The van der Waals surface area contributed by atoms with E-state index >= 15 is 0 Å². The molecule has 0 saturated carbocycles. The molecule has 0 bridgehead atoms. The van der Waals surface area contributed by atoms with Crippen molar-refractivity contribution in [2.75, 3.05) is 11.9 Å². The molecule has 0 heterocycles. The van der Waals surface area contributed by atoms with E-state index in [4.69, 9.17) is 0 Å². The molecule has 3 heteroatoms. The quantitative estimate of drug-likeness (QED) is 0.608. The molecule has 0 unspecified atom stereocenters. The molecule has 0 radical (unpaired) electrons. The second-order valence-electron chi connectivity index (χ2n) is 4.84. The Balaban J connectivity index is 3.51. The average Bonchev–Trinajstić information content (AvgIpc) is 2.50. The number of anilines is 1. The van der Waals surface area contributed by atoms with Crippen molar-refractivity contribution in [3.8, 4) is 0 Å². The Kier molecular flexibility index (Phi) is 7.03. The Labute approximate surface area is 133 Å². The topological polar surface area (TPSA) is 41.5 Å². The number of aliphatic imine (C=N–C) groups is 1. The SMILES string of the molecule is C=C/C=C(C(=NCC)c1ccccc1NC(C)=O)\C(C)=C/C. The van der Waals surface area contributed by atoms with Crippen LogP contribution < -0.4 is 5.32 Å². The zero-order valence-electron chi connectivity index (χ0n) is 13.8. The van der Waals surface area contributed by atoms with E-state index < -0.39 is 0 Å². The standard InChI is InChI=1S/C19H24N2O/c1-6-11-16(14(4)7-2)19(20-8-3)17-12-9-10-13-18(17)21-15(5)22/h6-7,9-13H,1,8H2,2-5H3,(H,21,22)/b14-7-,16-11+,20-19?. The summed E-state index contributed by atoms with van der Waals surface area (Å²) < 4.78 is 0. The van der Waals surface area contributed by atoms with E-state index in [1.807, 2.05) is 57.2 Å². The molecule has 0 aliphatic heterocycles. The lowest BCUT2D eigenvalue weighted by Gasteiger charge is -2.16. The number of nitrogens with zero attached hydrogens (tertiary/aromatic N) is 1. The molecule has 0 atom stereocenters. The number of hydrogen-bond acceptors (Lipinski definition) is 2. The van der Waals surface area contributed by atoms with Crippen molar-refractivity contribution in [2.45, 2.75) is 27.7 Å². The van der Waals surface area contributed by atoms with Crippen LogP contribution in [-0.4, -0.2) is 18.2 Å². The molecular formula is C19H24N2O. The molecule has 1 amide bonds. The van der Waals surface area contributed by atoms with Crippen molar-refractivity contribution >= 4 is 17.3 Å². The number of hydrogen-bond donors (Lipinski definition) is 1. The van der Waals surface area contributed by atoms with Gasteiger partial charge in [0.15, 0.2) is 0 Å². The number of amides is 1. The lowest BCUT2D eigenvalue weighted by Crippen LogP contribution is -2.14. The van der Waals surface area contributed by atoms with Crippen LogP contribution in [0.25, 0.3) is 0 Å². The van der Waals surface area contributed by atoms with Gasteiger partial charge < -0.3 is 5.32 Å². The van der Waals surface area contributed by atoms with Crippen molar-refractivity contribution in [3.63, 3.8) is 0 Å². The molecule has 1 N–H and O–H groups in total. The lowest BCUT2D eigenvalue weighted by atomic mass is 9.94. The summed E-state index contributed by atoms with van der Waals surface area (Å²) in [6.07, 6.45) is 5.75. The van der Waals surface area contributed by atoms with E-state index in [1.165, 1.54) is 6.92 Å². The number of nitrogens with one attached hydrogen (secondary N) is 1. The molecule has 0 aromatic heterocycles. The smallest absolute Gasteiger partial charge is 0.221 e. The van der Waals surface area contributed by atoms with Crippen LogP contribution in [0.4, 0.5) is 5.69 Å². The van der Waals surface area contributed by atoms with E-state index in [0.29, 0.717) is 6.54 Å². The van der Waals surface area contributed by atoms with Gasteiger partial charge in [0.05, 0.1) is 11.4 Å². The van der Waals surface area contributed by atoms with Gasteiger partial charge in [0.1, 0.15) is 0 Å². The van der Waals surface area contributed by atoms with Gasteiger partial charge in [-0.2, -0.15) is 0 Å². The summed E-state index contributed by atoms with van der Waals surface area (Å²) in [5, 5.41) is 2.87. The van der Waals surface area contributed by atoms with E-state index in [-0.39, 0.29) is 5.91 Å². The molecule has 1 aromatic carbocycles. The fourth-order valence-electron chi connectivity index (χ4n) is 2.13. The molecule has 0 fully saturated rings. The van der Waals surface area contributed by atoms with E-state index in [9.17, 15) is 4.79 Å². The van der Waals surface area contributed by atoms with Crippen LogP contribution in [0, 0.1) is 0 Å². The second-order valence-corrected chi connectivity index (χ2v) is 4.84. The van der Waals surface area contributed by atoms with Crippen molar-refractivity contribution in [3.05, 3.63) is 65.8 Å². The molecule has 0 saturated heterocycles. The van der Waals surface area contributed by atoms with Crippen LogP contribution in [0.15, 0.2) is 65.2 Å². The van der Waals surface area contributed by atoms with Crippen molar-refractivity contribution in [1.29, 1.82) is 0 Å². The zero-order chi connectivity index (χ0) is 16.5. The zero-order valence-corrected chi connectivity index (χ0v) is 13.8. The maximum Gasteiger partial charge on any atom is 0.221 e. The van der Waals surface area contributed by atoms with Crippen LogP contribution >= 0.6 is 0 Å². The normalized spacial score (nSPS) is 13.0. The van der Waals surface area contributed by atoms with Gasteiger partial charge in [0.25, 0.3) is 0 Å². The number of carbonyl (C=O) groups excluding carboxylic acids is 1. The first-order valence-corrected chi connectivity index (χ1v) is 7.42. The predicted octanol–water partition coefficient (Wildman–Crippen LogP) is 4.53. The largest absolute Gasteiger partial charge is 0.326 e.